The van der Waals surface area contributed by atoms with Crippen molar-refractivity contribution in [2.45, 2.75) is 26.3 Å². The second-order valence-corrected chi connectivity index (χ2v) is 7.31. The van der Waals surface area contributed by atoms with Gasteiger partial charge in [-0.2, -0.15) is 0 Å². The van der Waals surface area contributed by atoms with Crippen molar-refractivity contribution in [3.05, 3.63) is 59.4 Å². The zero-order valence-corrected chi connectivity index (χ0v) is 15.4. The summed E-state index contributed by atoms with van der Waals surface area (Å²) < 4.78 is 19.5. The number of nitrogens with zero attached hydrogens (tertiary/aromatic N) is 1. The Morgan fingerprint density at radius 3 is 2.63 bits per heavy atom. The first-order chi connectivity index (χ1) is 12.4. The predicted octanol–water partition coefficient (Wildman–Crippen LogP) is 4.39. The van der Waals surface area contributed by atoms with Gasteiger partial charge in [0.05, 0.1) is 12.6 Å². The van der Waals surface area contributed by atoms with Gasteiger partial charge in [0.25, 0.3) is 5.91 Å². The molecule has 0 aromatic heterocycles. The number of anilines is 1. The Balaban J connectivity index is 0.00000261. The number of methoxy groups -OCH3 is 1. The second kappa shape index (κ2) is 8.43. The summed E-state index contributed by atoms with van der Waals surface area (Å²) in [5.41, 5.74) is 6.51. The molecule has 3 N–H and O–H groups in total. The van der Waals surface area contributed by atoms with Crippen molar-refractivity contribution in [2.75, 3.05) is 18.2 Å². The van der Waals surface area contributed by atoms with Crippen molar-refractivity contribution in [3.8, 4) is 5.75 Å². The van der Waals surface area contributed by atoms with Crippen molar-refractivity contribution >= 4 is 28.5 Å². The molecule has 2 aromatic carbocycles. The highest BCUT2D eigenvalue weighted by atomic mass is 32.2. The minimum atomic E-state index is -0.736. The number of hydrogen-bond donors (Lipinski definition) is 2. The zero-order valence-electron chi connectivity index (χ0n) is 14.6. The lowest BCUT2D eigenvalue weighted by molar-refractivity contribution is 0.102. The fraction of sp³-hybridized carbons (Fsp3) is 0.300. The van der Waals surface area contributed by atoms with Crippen LogP contribution in [0.5, 0.6) is 5.75 Å². The lowest BCUT2D eigenvalue weighted by Gasteiger charge is -2.30. The molecule has 1 aliphatic heterocycles. The molecular formula is C20H24FN3O2S. The van der Waals surface area contributed by atoms with E-state index in [0.717, 1.165) is 5.75 Å². The lowest BCUT2D eigenvalue weighted by atomic mass is 9.89. The highest BCUT2D eigenvalue weighted by Gasteiger charge is 2.32. The second-order valence-electron chi connectivity index (χ2n) is 6.20. The first kappa shape index (κ1) is 20.8. The van der Waals surface area contributed by atoms with Crippen molar-refractivity contribution in [1.29, 1.82) is 0 Å². The molecule has 0 fully saturated rings. The van der Waals surface area contributed by atoms with Crippen LogP contribution in [-0.2, 0) is 5.54 Å². The van der Waals surface area contributed by atoms with Gasteiger partial charge in [-0.3, -0.25) is 9.79 Å². The molecule has 1 atom stereocenters. The maximum Gasteiger partial charge on any atom is 0.255 e. The number of thioether (sulfide) groups is 1. The van der Waals surface area contributed by atoms with E-state index in [0.29, 0.717) is 34.2 Å². The third-order valence-electron chi connectivity index (χ3n) is 4.35. The Hall–Kier alpha value is -2.54. The molecule has 1 heterocycles. The van der Waals surface area contributed by atoms with Gasteiger partial charge in [0, 0.05) is 22.6 Å². The Kier molecular flexibility index (Phi) is 6.49. The zero-order chi connectivity index (χ0) is 18.7. The van der Waals surface area contributed by atoms with Gasteiger partial charge in [-0.1, -0.05) is 19.2 Å². The summed E-state index contributed by atoms with van der Waals surface area (Å²) in [7, 11) is 1.56. The number of nitrogens with two attached hydrogens (primary N) is 1. The van der Waals surface area contributed by atoms with E-state index in [9.17, 15) is 9.18 Å². The van der Waals surface area contributed by atoms with Gasteiger partial charge in [-0.15, -0.1) is 0 Å². The maximum atomic E-state index is 14.4. The number of carbonyl (C=O) groups excluding carboxylic acids is 1. The minimum absolute atomic E-state index is 0. The van der Waals surface area contributed by atoms with Crippen LogP contribution in [0.1, 0.15) is 36.7 Å². The Morgan fingerprint density at radius 1 is 1.30 bits per heavy atom. The molecule has 0 saturated heterocycles. The van der Waals surface area contributed by atoms with E-state index in [1.54, 1.807) is 37.4 Å². The van der Waals surface area contributed by atoms with Gasteiger partial charge in [-0.25, -0.2) is 4.39 Å². The van der Waals surface area contributed by atoms with Crippen LogP contribution < -0.4 is 15.8 Å². The molecule has 1 unspecified atom stereocenters. The van der Waals surface area contributed by atoms with Gasteiger partial charge in [0.1, 0.15) is 11.6 Å². The summed E-state index contributed by atoms with van der Waals surface area (Å²) in [6.45, 7) is 1.85. The molecule has 0 aliphatic carbocycles. The van der Waals surface area contributed by atoms with Crippen molar-refractivity contribution in [3.63, 3.8) is 0 Å². The number of aliphatic imine (C=N–C) groups is 1. The van der Waals surface area contributed by atoms with E-state index in [2.05, 4.69) is 10.3 Å². The summed E-state index contributed by atoms with van der Waals surface area (Å²) in [5, 5.41) is 3.25. The van der Waals surface area contributed by atoms with Crippen molar-refractivity contribution in [2.24, 2.45) is 10.7 Å². The van der Waals surface area contributed by atoms with Gasteiger partial charge in [0.15, 0.2) is 5.17 Å². The largest absolute Gasteiger partial charge is 0.497 e. The average Bonchev–Trinajstić information content (AvgIpc) is 2.63. The van der Waals surface area contributed by atoms with E-state index >= 15 is 0 Å². The monoisotopic (exact) mass is 389 g/mol. The number of benzene rings is 2. The standard InChI is InChI=1S/C19H20FN3O2S.CH4/c1-19(9-10-26-18(21)23-19)15-11-13(5-8-16(15)20)22-17(24)12-3-6-14(25-2)7-4-12;/h3-8,11H,9-10H2,1-2H3,(H2,21,23)(H,22,24);1H4. The van der Waals surface area contributed by atoms with Crippen LogP contribution in [0.15, 0.2) is 47.5 Å². The number of halogens is 1. The first-order valence-corrected chi connectivity index (χ1v) is 9.13. The van der Waals surface area contributed by atoms with Crippen molar-refractivity contribution in [1.82, 2.24) is 0 Å². The van der Waals surface area contributed by atoms with Gasteiger partial charge < -0.3 is 15.8 Å². The Morgan fingerprint density at radius 2 is 2.00 bits per heavy atom. The highest BCUT2D eigenvalue weighted by molar-refractivity contribution is 8.13. The SMILES string of the molecule is C.COc1ccc(C(=O)Nc2ccc(F)c(C3(C)CCSC(N)=N3)c2)cc1. The number of carbonyl (C=O) groups is 1. The maximum absolute atomic E-state index is 14.4. The molecule has 144 valence electrons. The summed E-state index contributed by atoms with van der Waals surface area (Å²) in [6.07, 6.45) is 0.672. The lowest BCUT2D eigenvalue weighted by Crippen LogP contribution is -2.29. The number of amides is 1. The smallest absolute Gasteiger partial charge is 0.255 e. The molecule has 0 spiro atoms. The molecule has 1 amide bonds. The number of rotatable bonds is 4. The van der Waals surface area contributed by atoms with Crippen LogP contribution in [0.4, 0.5) is 10.1 Å². The Bertz CT molecular complexity index is 855. The molecule has 0 saturated carbocycles. The number of hydrogen-bond acceptors (Lipinski definition) is 5. The highest BCUT2D eigenvalue weighted by Crippen LogP contribution is 2.37. The predicted molar refractivity (Wildman–Crippen MR) is 110 cm³/mol. The molecular weight excluding hydrogens is 365 g/mol. The van der Waals surface area contributed by atoms with Gasteiger partial charge in [0.2, 0.25) is 0 Å². The van der Waals surface area contributed by atoms with Crippen LogP contribution in [0, 0.1) is 5.82 Å². The van der Waals surface area contributed by atoms with Crippen LogP contribution >= 0.6 is 11.8 Å². The third-order valence-corrected chi connectivity index (χ3v) is 5.15. The molecule has 1 aliphatic rings. The van der Waals surface area contributed by atoms with Gasteiger partial charge >= 0.3 is 0 Å². The summed E-state index contributed by atoms with van der Waals surface area (Å²) in [6, 6.07) is 11.3. The van der Waals surface area contributed by atoms with E-state index in [1.807, 2.05) is 6.92 Å². The molecule has 7 heteroatoms. The fourth-order valence-electron chi connectivity index (χ4n) is 2.84. The molecule has 0 bridgehead atoms. The third kappa shape index (κ3) is 4.60. The van der Waals surface area contributed by atoms with E-state index in [4.69, 9.17) is 10.5 Å². The molecule has 5 nitrogen and oxygen atoms in total. The van der Waals surface area contributed by atoms with E-state index in [1.165, 1.54) is 23.9 Å². The number of amidine groups is 1. The molecule has 27 heavy (non-hydrogen) atoms. The Labute approximate surface area is 163 Å². The van der Waals surface area contributed by atoms with Crippen LogP contribution in [0.25, 0.3) is 0 Å². The fourth-order valence-corrected chi connectivity index (χ4v) is 3.82. The summed E-state index contributed by atoms with van der Waals surface area (Å²) in [5.74, 6) is 0.799. The quantitative estimate of drug-likeness (QED) is 0.813. The summed E-state index contributed by atoms with van der Waals surface area (Å²) in [4.78, 5) is 16.9. The molecule has 3 rings (SSSR count). The number of ether oxygens (including phenoxy) is 1. The average molecular weight is 389 g/mol. The molecule has 0 radical (unpaired) electrons. The van der Waals surface area contributed by atoms with Crippen molar-refractivity contribution < 1.29 is 13.9 Å². The molecule has 2 aromatic rings. The summed E-state index contributed by atoms with van der Waals surface area (Å²) >= 11 is 1.46. The van der Waals surface area contributed by atoms with Crippen LogP contribution in [-0.4, -0.2) is 23.9 Å². The van der Waals surface area contributed by atoms with E-state index in [-0.39, 0.29) is 19.2 Å². The normalized spacial score (nSPS) is 18.9. The van der Waals surface area contributed by atoms with Crippen LogP contribution in [0.3, 0.4) is 0 Å². The number of nitrogens with one attached hydrogen (secondary N) is 1. The van der Waals surface area contributed by atoms with E-state index < -0.39 is 5.54 Å². The topological polar surface area (TPSA) is 76.7 Å². The minimum Gasteiger partial charge on any atom is -0.497 e. The van der Waals surface area contributed by atoms with Crippen LogP contribution in [0.2, 0.25) is 0 Å². The first-order valence-electron chi connectivity index (χ1n) is 8.15. The van der Waals surface area contributed by atoms with Gasteiger partial charge in [-0.05, 0) is 55.8 Å².